The number of hydrogen-bond acceptors (Lipinski definition) is 4. The molecule has 2 saturated carbocycles. The van der Waals surface area contributed by atoms with Gasteiger partial charge >= 0.3 is 0 Å². The van der Waals surface area contributed by atoms with Crippen LogP contribution < -0.4 is 5.48 Å². The third kappa shape index (κ3) is 4.43. The van der Waals surface area contributed by atoms with Gasteiger partial charge in [-0.1, -0.05) is 55.5 Å². The number of hydrogen-bond donors (Lipinski definition) is 2. The summed E-state index contributed by atoms with van der Waals surface area (Å²) in [6, 6.07) is 7.08. The Labute approximate surface area is 178 Å². The van der Waals surface area contributed by atoms with Crippen molar-refractivity contribution < 1.29 is 19.6 Å². The topological polar surface area (TPSA) is 86.7 Å². The quantitative estimate of drug-likeness (QED) is 0.407. The Bertz CT molecular complexity index is 809. The van der Waals surface area contributed by atoms with E-state index in [0.29, 0.717) is 30.9 Å². The lowest BCUT2D eigenvalue weighted by atomic mass is 9.89. The Morgan fingerprint density at radius 2 is 1.83 bits per heavy atom. The van der Waals surface area contributed by atoms with E-state index in [4.69, 9.17) is 5.21 Å². The molecule has 0 bridgehead atoms. The van der Waals surface area contributed by atoms with Crippen molar-refractivity contribution in [3.05, 3.63) is 35.4 Å². The number of aryl methyl sites for hydroxylation is 1. The number of likely N-dealkylation sites (tertiary alicyclic amines) is 1. The molecule has 0 unspecified atom stereocenters. The van der Waals surface area contributed by atoms with Crippen LogP contribution in [0.5, 0.6) is 0 Å². The number of nitrogens with zero attached hydrogens (tertiary/aromatic N) is 1. The van der Waals surface area contributed by atoms with Crippen LogP contribution in [0.2, 0.25) is 0 Å². The Morgan fingerprint density at radius 1 is 1.17 bits per heavy atom. The van der Waals surface area contributed by atoms with Gasteiger partial charge in [0.05, 0.1) is 6.04 Å². The van der Waals surface area contributed by atoms with E-state index in [2.05, 4.69) is 0 Å². The van der Waals surface area contributed by atoms with Gasteiger partial charge in [0.25, 0.3) is 0 Å². The second kappa shape index (κ2) is 8.50. The summed E-state index contributed by atoms with van der Waals surface area (Å²) in [5.74, 6) is -0.678. The maximum atomic E-state index is 13.6. The van der Waals surface area contributed by atoms with Gasteiger partial charge in [-0.2, -0.15) is 0 Å². The molecule has 0 radical (unpaired) electrons. The van der Waals surface area contributed by atoms with Gasteiger partial charge in [-0.25, -0.2) is 5.48 Å². The predicted molar refractivity (Wildman–Crippen MR) is 112 cm³/mol. The van der Waals surface area contributed by atoms with Crippen LogP contribution in [-0.2, 0) is 9.59 Å². The van der Waals surface area contributed by atoms with Crippen molar-refractivity contribution >= 4 is 17.6 Å². The Hall–Kier alpha value is -2.21. The molecule has 2 N–H and O–H groups in total. The van der Waals surface area contributed by atoms with Gasteiger partial charge in [-0.3, -0.25) is 19.6 Å². The molecular formula is C24H32N2O4. The molecule has 1 aromatic rings. The summed E-state index contributed by atoms with van der Waals surface area (Å²) in [7, 11) is 0. The van der Waals surface area contributed by atoms with Crippen LogP contribution in [0.4, 0.5) is 0 Å². The van der Waals surface area contributed by atoms with Gasteiger partial charge in [0.15, 0.2) is 5.78 Å². The van der Waals surface area contributed by atoms with Crippen LogP contribution >= 0.6 is 0 Å². The van der Waals surface area contributed by atoms with Crippen molar-refractivity contribution in [2.24, 2.45) is 17.3 Å². The number of rotatable bonds is 7. The predicted octanol–water partition coefficient (Wildman–Crippen LogP) is 3.65. The molecule has 1 heterocycles. The second-order valence-corrected chi connectivity index (χ2v) is 9.74. The Balaban J connectivity index is 1.55. The fraction of sp³-hybridized carbons (Fsp3) is 0.625. The number of nitrogens with one attached hydrogen (secondary N) is 1. The lowest BCUT2D eigenvalue weighted by molar-refractivity contribution is -0.141. The van der Waals surface area contributed by atoms with Crippen molar-refractivity contribution in [3.63, 3.8) is 0 Å². The minimum atomic E-state index is -0.534. The summed E-state index contributed by atoms with van der Waals surface area (Å²) < 4.78 is 0. The highest BCUT2D eigenvalue weighted by Gasteiger charge is 2.55. The van der Waals surface area contributed by atoms with Gasteiger partial charge in [0, 0.05) is 24.4 Å². The molecule has 1 spiro atoms. The molecule has 2 amide bonds. The summed E-state index contributed by atoms with van der Waals surface area (Å²) in [5, 5.41) is 9.02. The van der Waals surface area contributed by atoms with E-state index < -0.39 is 17.9 Å². The zero-order chi connectivity index (χ0) is 21.3. The smallest absolute Gasteiger partial charge is 0.244 e. The molecule has 2 aliphatic carbocycles. The average molecular weight is 413 g/mol. The van der Waals surface area contributed by atoms with Crippen molar-refractivity contribution in [3.8, 4) is 0 Å². The standard InChI is InChI=1S/C24H32N2O4/c1-16-6-8-18(9-7-16)22(28)20-14-24(10-11-24)15-26(20)23(29)19(13-21(27)25-30)12-17-4-2-3-5-17/h6-9,17,19-20,30H,2-5,10-15H2,1H3,(H,25,27)/t19-,20+/m1/s1. The molecule has 3 aliphatic rings. The first-order chi connectivity index (χ1) is 14.4. The highest BCUT2D eigenvalue weighted by Crippen LogP contribution is 2.55. The van der Waals surface area contributed by atoms with Crippen LogP contribution in [0.15, 0.2) is 24.3 Å². The third-order valence-corrected chi connectivity index (χ3v) is 7.39. The van der Waals surface area contributed by atoms with Crippen LogP contribution in [0.25, 0.3) is 0 Å². The minimum Gasteiger partial charge on any atom is -0.331 e. The highest BCUT2D eigenvalue weighted by molar-refractivity contribution is 6.02. The maximum Gasteiger partial charge on any atom is 0.244 e. The van der Waals surface area contributed by atoms with E-state index in [1.165, 1.54) is 12.8 Å². The first kappa shape index (κ1) is 21.0. The fourth-order valence-corrected chi connectivity index (χ4v) is 5.40. The Morgan fingerprint density at radius 3 is 2.43 bits per heavy atom. The molecule has 162 valence electrons. The summed E-state index contributed by atoms with van der Waals surface area (Å²) in [5.41, 5.74) is 3.50. The lowest BCUT2D eigenvalue weighted by Crippen LogP contribution is -2.45. The van der Waals surface area contributed by atoms with Gasteiger partial charge in [0.2, 0.25) is 11.8 Å². The number of Topliss-reactive ketones (excluding diaryl/α,β-unsaturated/α-hetero) is 1. The largest absolute Gasteiger partial charge is 0.331 e. The normalized spacial score (nSPS) is 23.5. The van der Waals surface area contributed by atoms with Gasteiger partial charge in [-0.05, 0) is 43.9 Å². The molecule has 2 atom stereocenters. The summed E-state index contributed by atoms with van der Waals surface area (Å²) >= 11 is 0. The van der Waals surface area contributed by atoms with E-state index in [1.807, 2.05) is 31.2 Å². The number of carbonyl (C=O) groups is 3. The number of ketones is 1. The summed E-state index contributed by atoms with van der Waals surface area (Å²) in [6.07, 6.45) is 7.95. The maximum absolute atomic E-state index is 13.6. The summed E-state index contributed by atoms with van der Waals surface area (Å²) in [6.45, 7) is 2.59. The zero-order valence-electron chi connectivity index (χ0n) is 17.7. The number of benzene rings is 1. The van der Waals surface area contributed by atoms with Crippen LogP contribution in [0.1, 0.15) is 73.7 Å². The molecule has 4 rings (SSSR count). The molecule has 30 heavy (non-hydrogen) atoms. The van der Waals surface area contributed by atoms with Crippen molar-refractivity contribution in [2.45, 2.75) is 70.8 Å². The fourth-order valence-electron chi connectivity index (χ4n) is 5.40. The minimum absolute atomic E-state index is 0.00153. The van der Waals surface area contributed by atoms with E-state index in [-0.39, 0.29) is 23.5 Å². The number of hydroxylamine groups is 1. The highest BCUT2D eigenvalue weighted by atomic mass is 16.5. The van der Waals surface area contributed by atoms with E-state index in [9.17, 15) is 14.4 Å². The van der Waals surface area contributed by atoms with Gasteiger partial charge in [0.1, 0.15) is 0 Å². The average Bonchev–Trinajstić information content (AvgIpc) is 3.13. The van der Waals surface area contributed by atoms with Crippen molar-refractivity contribution in [1.82, 2.24) is 10.4 Å². The van der Waals surface area contributed by atoms with Crippen LogP contribution in [0.3, 0.4) is 0 Å². The van der Waals surface area contributed by atoms with Gasteiger partial charge < -0.3 is 4.90 Å². The zero-order valence-corrected chi connectivity index (χ0v) is 17.7. The molecule has 1 aliphatic heterocycles. The first-order valence-corrected chi connectivity index (χ1v) is 11.2. The SMILES string of the molecule is Cc1ccc(C(=O)[C@@H]2CC3(CC3)CN2C(=O)[C@@H](CC(=O)NO)CC2CCCC2)cc1. The molecule has 6 heteroatoms. The monoisotopic (exact) mass is 412 g/mol. The van der Waals surface area contributed by atoms with Crippen LogP contribution in [-0.4, -0.2) is 40.3 Å². The molecule has 1 aromatic carbocycles. The lowest BCUT2D eigenvalue weighted by Gasteiger charge is -2.29. The molecular weight excluding hydrogens is 380 g/mol. The molecule has 0 aromatic heterocycles. The molecule has 3 fully saturated rings. The number of amides is 2. The number of carbonyl (C=O) groups excluding carboxylic acids is 3. The van der Waals surface area contributed by atoms with E-state index in [1.54, 1.807) is 10.4 Å². The van der Waals surface area contributed by atoms with Crippen molar-refractivity contribution in [2.75, 3.05) is 6.54 Å². The molecule has 6 nitrogen and oxygen atoms in total. The van der Waals surface area contributed by atoms with E-state index >= 15 is 0 Å². The third-order valence-electron chi connectivity index (χ3n) is 7.39. The van der Waals surface area contributed by atoms with Gasteiger partial charge in [-0.15, -0.1) is 0 Å². The molecule has 1 saturated heterocycles. The summed E-state index contributed by atoms with van der Waals surface area (Å²) in [4.78, 5) is 40.6. The van der Waals surface area contributed by atoms with Crippen LogP contribution in [0, 0.1) is 24.2 Å². The Kier molecular flexibility index (Phi) is 5.96. The van der Waals surface area contributed by atoms with Crippen molar-refractivity contribution in [1.29, 1.82) is 0 Å². The first-order valence-electron chi connectivity index (χ1n) is 11.2. The van der Waals surface area contributed by atoms with E-state index in [0.717, 1.165) is 31.2 Å². The second-order valence-electron chi connectivity index (χ2n) is 9.74.